The van der Waals surface area contributed by atoms with Crippen molar-refractivity contribution in [3.8, 4) is 6.07 Å². The molecule has 2 rings (SSSR count). The van der Waals surface area contributed by atoms with E-state index in [0.29, 0.717) is 5.82 Å². The van der Waals surface area contributed by atoms with E-state index in [-0.39, 0.29) is 5.41 Å². The SMILES string of the molecule is N#Cc1nccn1CC1(CS)CCCCCC1. The molecule has 0 unspecified atom stereocenters. The lowest BCUT2D eigenvalue weighted by molar-refractivity contribution is 0.240. The van der Waals surface area contributed by atoms with E-state index < -0.39 is 0 Å². The summed E-state index contributed by atoms with van der Waals surface area (Å²) in [6.45, 7) is 0.888. The molecule has 0 saturated heterocycles. The van der Waals surface area contributed by atoms with E-state index in [1.54, 1.807) is 6.20 Å². The van der Waals surface area contributed by atoms with E-state index >= 15 is 0 Å². The lowest BCUT2D eigenvalue weighted by Gasteiger charge is -2.31. The minimum atomic E-state index is 0.256. The van der Waals surface area contributed by atoms with Gasteiger partial charge in [0.15, 0.2) is 0 Å². The Morgan fingerprint density at radius 2 is 2.06 bits per heavy atom. The van der Waals surface area contributed by atoms with Gasteiger partial charge in [-0.1, -0.05) is 25.7 Å². The second-order valence-electron chi connectivity index (χ2n) is 5.06. The maximum absolute atomic E-state index is 9.00. The van der Waals surface area contributed by atoms with Crippen LogP contribution in [0.5, 0.6) is 0 Å². The van der Waals surface area contributed by atoms with Gasteiger partial charge in [0.2, 0.25) is 5.82 Å². The molecule has 1 aromatic rings. The van der Waals surface area contributed by atoms with Crippen LogP contribution in [0.4, 0.5) is 0 Å². The van der Waals surface area contributed by atoms with Gasteiger partial charge in [-0.3, -0.25) is 0 Å². The number of thiol groups is 1. The largest absolute Gasteiger partial charge is 0.322 e. The Balaban J connectivity index is 2.16. The van der Waals surface area contributed by atoms with Crippen molar-refractivity contribution < 1.29 is 0 Å². The minimum absolute atomic E-state index is 0.256. The number of aromatic nitrogens is 2. The van der Waals surface area contributed by atoms with Crippen molar-refractivity contribution in [1.82, 2.24) is 9.55 Å². The van der Waals surface area contributed by atoms with Crippen LogP contribution in [0.25, 0.3) is 0 Å². The molecule has 0 bridgehead atoms. The average molecular weight is 249 g/mol. The van der Waals surface area contributed by atoms with E-state index in [4.69, 9.17) is 5.26 Å². The summed E-state index contributed by atoms with van der Waals surface area (Å²) in [5.74, 6) is 1.42. The monoisotopic (exact) mass is 249 g/mol. The second-order valence-corrected chi connectivity index (χ2v) is 5.38. The minimum Gasteiger partial charge on any atom is -0.322 e. The van der Waals surface area contributed by atoms with E-state index in [2.05, 4.69) is 23.7 Å². The number of nitriles is 1. The summed E-state index contributed by atoms with van der Waals surface area (Å²) in [5.41, 5.74) is 0.256. The Kier molecular flexibility index (Phi) is 4.11. The summed E-state index contributed by atoms with van der Waals surface area (Å²) in [4.78, 5) is 4.07. The molecule has 1 heterocycles. The highest BCUT2D eigenvalue weighted by Crippen LogP contribution is 2.37. The molecular weight excluding hydrogens is 230 g/mol. The van der Waals surface area contributed by atoms with Crippen LogP contribution in [-0.2, 0) is 6.54 Å². The highest BCUT2D eigenvalue weighted by atomic mass is 32.1. The fraction of sp³-hybridized carbons (Fsp3) is 0.692. The molecule has 1 fully saturated rings. The summed E-state index contributed by atoms with van der Waals surface area (Å²) in [7, 11) is 0. The van der Waals surface area contributed by atoms with Crippen LogP contribution < -0.4 is 0 Å². The number of hydrogen-bond donors (Lipinski definition) is 1. The smallest absolute Gasteiger partial charge is 0.212 e. The zero-order valence-electron chi connectivity index (χ0n) is 10.1. The third-order valence-corrected chi connectivity index (χ3v) is 4.49. The molecule has 0 amide bonds. The van der Waals surface area contributed by atoms with Crippen LogP contribution in [0.15, 0.2) is 12.4 Å². The molecule has 4 heteroatoms. The molecule has 0 atom stereocenters. The Bertz CT molecular complexity index is 397. The van der Waals surface area contributed by atoms with Gasteiger partial charge >= 0.3 is 0 Å². The zero-order chi connectivity index (χ0) is 12.1. The molecule has 0 spiro atoms. The number of imidazole rings is 1. The highest BCUT2D eigenvalue weighted by molar-refractivity contribution is 7.80. The molecule has 0 aliphatic heterocycles. The van der Waals surface area contributed by atoms with Crippen molar-refractivity contribution in [2.24, 2.45) is 5.41 Å². The number of hydrogen-bond acceptors (Lipinski definition) is 3. The molecule has 1 aliphatic carbocycles. The molecule has 0 radical (unpaired) electrons. The van der Waals surface area contributed by atoms with Gasteiger partial charge in [-0.2, -0.15) is 17.9 Å². The van der Waals surface area contributed by atoms with Gasteiger partial charge < -0.3 is 4.57 Å². The van der Waals surface area contributed by atoms with Crippen LogP contribution in [-0.4, -0.2) is 15.3 Å². The normalized spacial score (nSPS) is 19.5. The van der Waals surface area contributed by atoms with Crippen LogP contribution in [0.2, 0.25) is 0 Å². The predicted octanol–water partition coefficient (Wildman–Crippen LogP) is 3.03. The van der Waals surface area contributed by atoms with Gasteiger partial charge in [-0.15, -0.1) is 0 Å². The van der Waals surface area contributed by atoms with Gasteiger partial charge in [0.05, 0.1) is 0 Å². The van der Waals surface area contributed by atoms with Crippen molar-refractivity contribution in [2.75, 3.05) is 5.75 Å². The molecular formula is C13H19N3S. The lowest BCUT2D eigenvalue weighted by atomic mass is 9.82. The lowest BCUT2D eigenvalue weighted by Crippen LogP contribution is -2.28. The maximum Gasteiger partial charge on any atom is 0.212 e. The van der Waals surface area contributed by atoms with Gasteiger partial charge in [-0.25, -0.2) is 4.98 Å². The quantitative estimate of drug-likeness (QED) is 0.661. The van der Waals surface area contributed by atoms with Crippen LogP contribution >= 0.6 is 12.6 Å². The van der Waals surface area contributed by atoms with Crippen molar-refractivity contribution >= 4 is 12.6 Å². The topological polar surface area (TPSA) is 41.6 Å². The molecule has 0 N–H and O–H groups in total. The van der Waals surface area contributed by atoms with Gasteiger partial charge in [0.1, 0.15) is 6.07 Å². The Morgan fingerprint density at radius 1 is 1.35 bits per heavy atom. The Hall–Kier alpha value is -0.950. The molecule has 92 valence electrons. The zero-order valence-corrected chi connectivity index (χ0v) is 11.0. The average Bonchev–Trinajstić information content (AvgIpc) is 2.66. The number of nitrogens with zero attached hydrogens (tertiary/aromatic N) is 3. The third kappa shape index (κ3) is 2.84. The first-order chi connectivity index (χ1) is 8.29. The predicted molar refractivity (Wildman–Crippen MR) is 70.9 cm³/mol. The Labute approximate surface area is 108 Å². The maximum atomic E-state index is 9.00. The van der Waals surface area contributed by atoms with E-state index in [1.807, 2.05) is 10.8 Å². The van der Waals surface area contributed by atoms with Crippen molar-refractivity contribution in [3.05, 3.63) is 18.2 Å². The fourth-order valence-corrected chi connectivity index (χ4v) is 3.17. The van der Waals surface area contributed by atoms with Gasteiger partial charge in [-0.05, 0) is 24.0 Å². The second kappa shape index (κ2) is 5.59. The van der Waals surface area contributed by atoms with Crippen LogP contribution in [0.1, 0.15) is 44.3 Å². The molecule has 1 aliphatic rings. The summed E-state index contributed by atoms with van der Waals surface area (Å²) < 4.78 is 1.99. The first-order valence-corrected chi connectivity index (χ1v) is 6.95. The van der Waals surface area contributed by atoms with Gasteiger partial charge in [0.25, 0.3) is 0 Å². The standard InChI is InChI=1S/C13H19N3S/c14-9-12-15-7-8-16(12)10-13(11-17)5-3-1-2-4-6-13/h7-8,17H,1-6,10-11H2. The van der Waals surface area contributed by atoms with E-state index in [0.717, 1.165) is 12.3 Å². The molecule has 17 heavy (non-hydrogen) atoms. The van der Waals surface area contributed by atoms with Crippen molar-refractivity contribution in [3.63, 3.8) is 0 Å². The third-order valence-electron chi connectivity index (χ3n) is 3.82. The number of rotatable bonds is 3. The van der Waals surface area contributed by atoms with Crippen LogP contribution in [0, 0.1) is 16.7 Å². The molecule has 0 aromatic carbocycles. The summed E-state index contributed by atoms with van der Waals surface area (Å²) in [6.07, 6.45) is 11.3. The summed E-state index contributed by atoms with van der Waals surface area (Å²) in [5, 5.41) is 9.00. The Morgan fingerprint density at radius 3 is 2.65 bits per heavy atom. The summed E-state index contributed by atoms with van der Waals surface area (Å²) >= 11 is 4.56. The van der Waals surface area contributed by atoms with Crippen molar-refractivity contribution in [2.45, 2.75) is 45.1 Å². The molecule has 3 nitrogen and oxygen atoms in total. The van der Waals surface area contributed by atoms with Crippen molar-refractivity contribution in [1.29, 1.82) is 5.26 Å². The van der Waals surface area contributed by atoms with Crippen LogP contribution in [0.3, 0.4) is 0 Å². The molecule has 1 saturated carbocycles. The fourth-order valence-electron chi connectivity index (χ4n) is 2.76. The first-order valence-electron chi connectivity index (χ1n) is 6.32. The molecule has 1 aromatic heterocycles. The first kappa shape index (κ1) is 12.5. The highest BCUT2D eigenvalue weighted by Gasteiger charge is 2.30. The summed E-state index contributed by atoms with van der Waals surface area (Å²) in [6, 6.07) is 2.15. The van der Waals surface area contributed by atoms with Gasteiger partial charge in [0, 0.05) is 18.9 Å². The van der Waals surface area contributed by atoms with E-state index in [9.17, 15) is 0 Å². The van der Waals surface area contributed by atoms with E-state index in [1.165, 1.54) is 38.5 Å².